The van der Waals surface area contributed by atoms with E-state index in [9.17, 15) is 8.42 Å². The van der Waals surface area contributed by atoms with Gasteiger partial charge in [0.1, 0.15) is 0 Å². The van der Waals surface area contributed by atoms with Crippen LogP contribution in [0.1, 0.15) is 25.7 Å². The van der Waals surface area contributed by atoms with Crippen LogP contribution in [0.4, 0.5) is 0 Å². The molecular weight excluding hydrogens is 218 g/mol. The molecule has 0 aromatic carbocycles. The van der Waals surface area contributed by atoms with Crippen LogP contribution in [0.25, 0.3) is 0 Å². The number of nitrogens with zero attached hydrogens (tertiary/aromatic N) is 2. The van der Waals surface area contributed by atoms with E-state index in [-0.39, 0.29) is 6.04 Å². The monoisotopic (exact) mass is 233 g/mol. The lowest BCUT2D eigenvalue weighted by atomic mass is 10.1. The zero-order valence-corrected chi connectivity index (χ0v) is 9.20. The Labute approximate surface area is 89.1 Å². The molecule has 0 radical (unpaired) electrons. The van der Waals surface area contributed by atoms with E-state index in [4.69, 9.17) is 5.21 Å². The molecule has 1 saturated carbocycles. The van der Waals surface area contributed by atoms with E-state index < -0.39 is 10.2 Å². The number of nitrogens with one attached hydrogen (secondary N) is 1. The van der Waals surface area contributed by atoms with Crippen molar-refractivity contribution >= 4 is 15.9 Å². The molecule has 15 heavy (non-hydrogen) atoms. The maximum Gasteiger partial charge on any atom is 0.279 e. The van der Waals surface area contributed by atoms with Crippen molar-refractivity contribution in [2.24, 2.45) is 5.16 Å². The van der Waals surface area contributed by atoms with Crippen molar-refractivity contribution in [3.8, 4) is 0 Å². The van der Waals surface area contributed by atoms with Crippen LogP contribution >= 0.6 is 0 Å². The molecule has 1 heterocycles. The van der Waals surface area contributed by atoms with Gasteiger partial charge in [0, 0.05) is 32.0 Å². The van der Waals surface area contributed by atoms with Gasteiger partial charge in [0.15, 0.2) is 0 Å². The first-order valence-electron chi connectivity index (χ1n) is 5.09. The molecule has 0 amide bonds. The molecule has 86 valence electrons. The highest BCUT2D eigenvalue weighted by Gasteiger charge is 2.32. The molecule has 2 N–H and O–H groups in total. The van der Waals surface area contributed by atoms with Crippen LogP contribution in [0, 0.1) is 0 Å². The van der Waals surface area contributed by atoms with Crippen molar-refractivity contribution in [1.82, 2.24) is 9.03 Å². The molecule has 0 unspecified atom stereocenters. The van der Waals surface area contributed by atoms with Gasteiger partial charge in [-0.15, -0.1) is 0 Å². The average molecular weight is 233 g/mol. The third-order valence-corrected chi connectivity index (χ3v) is 4.35. The van der Waals surface area contributed by atoms with Crippen molar-refractivity contribution in [3.63, 3.8) is 0 Å². The summed E-state index contributed by atoms with van der Waals surface area (Å²) in [6.07, 6.45) is 2.91. The summed E-state index contributed by atoms with van der Waals surface area (Å²) in [6.45, 7) is 0.808. The van der Waals surface area contributed by atoms with Gasteiger partial charge >= 0.3 is 0 Å². The first kappa shape index (κ1) is 10.8. The van der Waals surface area contributed by atoms with Crippen molar-refractivity contribution in [1.29, 1.82) is 0 Å². The summed E-state index contributed by atoms with van der Waals surface area (Å²) in [4.78, 5) is 0. The van der Waals surface area contributed by atoms with E-state index >= 15 is 0 Å². The van der Waals surface area contributed by atoms with Gasteiger partial charge in [0.05, 0.1) is 5.71 Å². The Morgan fingerprint density at radius 1 is 1.33 bits per heavy atom. The minimum absolute atomic E-state index is 0.142. The van der Waals surface area contributed by atoms with Gasteiger partial charge < -0.3 is 5.21 Å². The first-order chi connectivity index (χ1) is 7.12. The van der Waals surface area contributed by atoms with Crippen molar-refractivity contribution in [2.75, 3.05) is 13.1 Å². The fourth-order valence-electron chi connectivity index (χ4n) is 1.57. The number of oxime groups is 1. The van der Waals surface area contributed by atoms with Gasteiger partial charge in [-0.1, -0.05) is 5.16 Å². The molecule has 2 rings (SSSR count). The largest absolute Gasteiger partial charge is 0.411 e. The summed E-state index contributed by atoms with van der Waals surface area (Å²) in [6, 6.07) is 0.142. The Morgan fingerprint density at radius 3 is 2.40 bits per heavy atom. The number of hydrogen-bond donors (Lipinski definition) is 2. The zero-order chi connectivity index (χ0) is 10.9. The SMILES string of the molecule is O=S(=O)(NC1CC1)N1CCC(=NO)CC1. The second-order valence-corrected chi connectivity index (χ2v) is 5.66. The highest BCUT2D eigenvalue weighted by molar-refractivity contribution is 7.87. The number of rotatable bonds is 3. The molecule has 7 heteroatoms. The highest BCUT2D eigenvalue weighted by atomic mass is 32.2. The first-order valence-corrected chi connectivity index (χ1v) is 6.53. The van der Waals surface area contributed by atoms with Crippen molar-refractivity contribution < 1.29 is 13.6 Å². The van der Waals surface area contributed by atoms with Crippen LogP contribution in [0.3, 0.4) is 0 Å². The molecule has 1 aliphatic carbocycles. The Balaban J connectivity index is 1.93. The van der Waals surface area contributed by atoms with Crippen molar-refractivity contribution in [3.05, 3.63) is 0 Å². The molecule has 1 aliphatic heterocycles. The maximum absolute atomic E-state index is 11.7. The van der Waals surface area contributed by atoms with E-state index in [0.29, 0.717) is 31.6 Å². The molecule has 0 aromatic rings. The third kappa shape index (κ3) is 2.67. The lowest BCUT2D eigenvalue weighted by molar-refractivity contribution is 0.309. The second kappa shape index (κ2) is 4.07. The molecule has 0 atom stereocenters. The molecule has 0 bridgehead atoms. The summed E-state index contributed by atoms with van der Waals surface area (Å²) in [5, 5.41) is 11.7. The van der Waals surface area contributed by atoms with Gasteiger partial charge in [0.25, 0.3) is 10.2 Å². The van der Waals surface area contributed by atoms with Crippen LogP contribution in [-0.2, 0) is 10.2 Å². The van der Waals surface area contributed by atoms with E-state index in [0.717, 1.165) is 12.8 Å². The van der Waals surface area contributed by atoms with Crippen LogP contribution in [0.5, 0.6) is 0 Å². The van der Waals surface area contributed by atoms with E-state index in [1.165, 1.54) is 4.31 Å². The molecule has 0 spiro atoms. The minimum atomic E-state index is -3.31. The van der Waals surface area contributed by atoms with Crippen molar-refractivity contribution in [2.45, 2.75) is 31.7 Å². The second-order valence-electron chi connectivity index (χ2n) is 3.96. The Hall–Kier alpha value is -0.660. The van der Waals surface area contributed by atoms with Gasteiger partial charge in [-0.25, -0.2) is 0 Å². The predicted octanol–water partition coefficient (Wildman–Crippen LogP) is -0.0908. The minimum Gasteiger partial charge on any atom is -0.411 e. The fourth-order valence-corrected chi connectivity index (χ4v) is 3.04. The lowest BCUT2D eigenvalue weighted by Crippen LogP contribution is -2.45. The van der Waals surface area contributed by atoms with Gasteiger partial charge in [-0.3, -0.25) is 0 Å². The standard InChI is InChI=1S/C8H15N3O3S/c12-9-7-3-5-11(6-4-7)15(13,14)10-8-1-2-8/h8,10,12H,1-6H2. The van der Waals surface area contributed by atoms with Crippen LogP contribution in [0.15, 0.2) is 5.16 Å². The maximum atomic E-state index is 11.7. The van der Waals surface area contributed by atoms with E-state index in [1.807, 2.05) is 0 Å². The molecule has 6 nitrogen and oxygen atoms in total. The zero-order valence-electron chi connectivity index (χ0n) is 8.39. The van der Waals surface area contributed by atoms with Gasteiger partial charge in [-0.2, -0.15) is 17.4 Å². The number of piperidine rings is 1. The molecule has 2 aliphatic rings. The fraction of sp³-hybridized carbons (Fsp3) is 0.875. The smallest absolute Gasteiger partial charge is 0.279 e. The Morgan fingerprint density at radius 2 is 1.93 bits per heavy atom. The molecule has 0 aromatic heterocycles. The highest BCUT2D eigenvalue weighted by Crippen LogP contribution is 2.21. The quantitative estimate of drug-likeness (QED) is 0.528. The average Bonchev–Trinajstić information content (AvgIpc) is 3.01. The van der Waals surface area contributed by atoms with E-state index in [2.05, 4.69) is 9.88 Å². The predicted molar refractivity (Wildman–Crippen MR) is 55.1 cm³/mol. The van der Waals surface area contributed by atoms with Gasteiger partial charge in [0.2, 0.25) is 0 Å². The van der Waals surface area contributed by atoms with E-state index in [1.54, 1.807) is 0 Å². The van der Waals surface area contributed by atoms with Crippen LogP contribution in [-0.4, -0.2) is 42.8 Å². The third-order valence-electron chi connectivity index (χ3n) is 2.67. The lowest BCUT2D eigenvalue weighted by Gasteiger charge is -2.26. The Bertz CT molecular complexity index is 351. The Kier molecular flexibility index (Phi) is 2.94. The molecule has 2 fully saturated rings. The molecule has 1 saturated heterocycles. The summed E-state index contributed by atoms with van der Waals surface area (Å²) >= 11 is 0. The van der Waals surface area contributed by atoms with Crippen LogP contribution < -0.4 is 4.72 Å². The topological polar surface area (TPSA) is 82.0 Å². The normalized spacial score (nSPS) is 24.1. The van der Waals surface area contributed by atoms with Gasteiger partial charge in [-0.05, 0) is 12.8 Å². The molecular formula is C8H15N3O3S. The summed E-state index contributed by atoms with van der Waals surface area (Å²) < 4.78 is 27.5. The summed E-state index contributed by atoms with van der Waals surface area (Å²) in [7, 11) is -3.31. The summed E-state index contributed by atoms with van der Waals surface area (Å²) in [5.74, 6) is 0. The summed E-state index contributed by atoms with van der Waals surface area (Å²) in [5.41, 5.74) is 0.674. The van der Waals surface area contributed by atoms with Crippen LogP contribution in [0.2, 0.25) is 0 Å². The number of hydrogen-bond acceptors (Lipinski definition) is 4.